The molecule has 0 fully saturated rings. The van der Waals surface area contributed by atoms with Crippen molar-refractivity contribution in [2.75, 3.05) is 7.05 Å². The minimum atomic E-state index is -0.348. The van der Waals surface area contributed by atoms with Gasteiger partial charge in [0.1, 0.15) is 5.58 Å². The second-order valence-corrected chi connectivity index (χ2v) is 4.74. The first-order chi connectivity index (χ1) is 10.1. The van der Waals surface area contributed by atoms with Crippen LogP contribution in [0.15, 0.2) is 51.9 Å². The summed E-state index contributed by atoms with van der Waals surface area (Å²) in [5.41, 5.74) is 1.05. The molecule has 1 N–H and O–H groups in total. The molecule has 1 amide bonds. The quantitative estimate of drug-likeness (QED) is 0.794. The highest BCUT2D eigenvalue weighted by Gasteiger charge is 2.17. The molecule has 0 spiro atoms. The number of fused-ring (bicyclic) bond motifs is 1. The molecule has 0 unspecified atom stereocenters. The molecule has 2 heterocycles. The first-order valence-electron chi connectivity index (χ1n) is 6.41. The van der Waals surface area contributed by atoms with Crippen molar-refractivity contribution in [3.8, 4) is 0 Å². The van der Waals surface area contributed by atoms with E-state index in [4.69, 9.17) is 4.42 Å². The average molecular weight is 283 g/mol. The highest BCUT2D eigenvalue weighted by atomic mass is 16.3. The predicted octanol–water partition coefficient (Wildman–Crippen LogP) is 1.79. The standard InChI is InChI=1S/C15H13N3O3/c1-18(9-10-7-16-17-8-10)15(20)14-6-12(19)11-4-2-3-5-13(11)21-14/h2-8H,9H2,1H3,(H,16,17). The van der Waals surface area contributed by atoms with Crippen LogP contribution in [0.2, 0.25) is 0 Å². The molecule has 106 valence electrons. The maximum absolute atomic E-state index is 12.3. The van der Waals surface area contributed by atoms with Crippen molar-refractivity contribution in [3.63, 3.8) is 0 Å². The smallest absolute Gasteiger partial charge is 0.289 e. The molecule has 0 bridgehead atoms. The Hall–Kier alpha value is -2.89. The Morgan fingerprint density at radius 2 is 2.19 bits per heavy atom. The van der Waals surface area contributed by atoms with Gasteiger partial charge in [0.25, 0.3) is 5.91 Å². The zero-order chi connectivity index (χ0) is 14.8. The molecule has 0 saturated carbocycles. The highest BCUT2D eigenvalue weighted by molar-refractivity contribution is 5.92. The molecule has 0 atom stereocenters. The molecule has 6 heteroatoms. The summed E-state index contributed by atoms with van der Waals surface area (Å²) in [6.07, 6.45) is 3.35. The van der Waals surface area contributed by atoms with Crippen molar-refractivity contribution in [2.45, 2.75) is 6.54 Å². The Balaban J connectivity index is 1.92. The third-order valence-electron chi connectivity index (χ3n) is 3.17. The van der Waals surface area contributed by atoms with Gasteiger partial charge in [-0.25, -0.2) is 0 Å². The van der Waals surface area contributed by atoms with E-state index in [1.807, 2.05) is 0 Å². The fourth-order valence-electron chi connectivity index (χ4n) is 2.11. The van der Waals surface area contributed by atoms with E-state index in [2.05, 4.69) is 10.2 Å². The van der Waals surface area contributed by atoms with Crippen LogP contribution in [0, 0.1) is 0 Å². The van der Waals surface area contributed by atoms with Gasteiger partial charge in [-0.05, 0) is 12.1 Å². The van der Waals surface area contributed by atoms with Crippen molar-refractivity contribution < 1.29 is 9.21 Å². The molecule has 3 aromatic rings. The Morgan fingerprint density at radius 1 is 1.38 bits per heavy atom. The van der Waals surface area contributed by atoms with Gasteiger partial charge in [-0.15, -0.1) is 0 Å². The lowest BCUT2D eigenvalue weighted by atomic mass is 10.2. The van der Waals surface area contributed by atoms with E-state index in [1.54, 1.807) is 43.7 Å². The molecule has 0 saturated heterocycles. The molecular weight excluding hydrogens is 270 g/mol. The molecule has 0 radical (unpaired) electrons. The Labute approximate surface area is 120 Å². The van der Waals surface area contributed by atoms with E-state index in [-0.39, 0.29) is 17.1 Å². The lowest BCUT2D eigenvalue weighted by molar-refractivity contribution is 0.0754. The number of rotatable bonds is 3. The Morgan fingerprint density at radius 3 is 2.95 bits per heavy atom. The number of carbonyl (C=O) groups excluding carboxylic acids is 1. The summed E-state index contributed by atoms with van der Waals surface area (Å²) in [6, 6.07) is 8.09. The Bertz CT molecular complexity index is 837. The molecule has 1 aromatic carbocycles. The third kappa shape index (κ3) is 2.55. The van der Waals surface area contributed by atoms with Gasteiger partial charge in [0.15, 0.2) is 11.2 Å². The minimum absolute atomic E-state index is 0.0321. The fraction of sp³-hybridized carbons (Fsp3) is 0.133. The molecule has 0 aliphatic heterocycles. The average Bonchev–Trinajstić information content (AvgIpc) is 2.99. The van der Waals surface area contributed by atoms with Crippen molar-refractivity contribution in [3.05, 3.63) is 64.3 Å². The normalized spacial score (nSPS) is 10.7. The van der Waals surface area contributed by atoms with Crippen molar-refractivity contribution in [1.82, 2.24) is 15.1 Å². The van der Waals surface area contributed by atoms with Gasteiger partial charge < -0.3 is 9.32 Å². The van der Waals surface area contributed by atoms with E-state index in [0.29, 0.717) is 17.5 Å². The van der Waals surface area contributed by atoms with Gasteiger partial charge in [0.2, 0.25) is 0 Å². The number of carbonyl (C=O) groups is 1. The number of amides is 1. The lowest BCUT2D eigenvalue weighted by Crippen LogP contribution is -2.26. The van der Waals surface area contributed by atoms with Crippen molar-refractivity contribution in [2.24, 2.45) is 0 Å². The number of nitrogens with zero attached hydrogens (tertiary/aromatic N) is 2. The van der Waals surface area contributed by atoms with Gasteiger partial charge in [0.05, 0.1) is 11.6 Å². The summed E-state index contributed by atoms with van der Waals surface area (Å²) >= 11 is 0. The van der Waals surface area contributed by atoms with Crippen LogP contribution in [0.4, 0.5) is 0 Å². The highest BCUT2D eigenvalue weighted by Crippen LogP contribution is 2.13. The van der Waals surface area contributed by atoms with E-state index in [1.165, 1.54) is 11.0 Å². The van der Waals surface area contributed by atoms with Crippen LogP contribution in [0.5, 0.6) is 0 Å². The Kier molecular flexibility index (Phi) is 3.27. The SMILES string of the molecule is CN(Cc1cn[nH]c1)C(=O)c1cc(=O)c2ccccc2o1. The number of hydrogen-bond donors (Lipinski definition) is 1. The maximum Gasteiger partial charge on any atom is 0.289 e. The first kappa shape index (κ1) is 13.1. The van der Waals surface area contributed by atoms with E-state index in [0.717, 1.165) is 5.56 Å². The third-order valence-corrected chi connectivity index (χ3v) is 3.17. The summed E-state index contributed by atoms with van der Waals surface area (Å²) in [4.78, 5) is 25.8. The van der Waals surface area contributed by atoms with Crippen LogP contribution in [-0.4, -0.2) is 28.1 Å². The number of aromatic amines is 1. The molecule has 0 aliphatic carbocycles. The summed E-state index contributed by atoms with van der Waals surface area (Å²) < 4.78 is 5.53. The van der Waals surface area contributed by atoms with Crippen LogP contribution in [0.25, 0.3) is 11.0 Å². The van der Waals surface area contributed by atoms with Crippen LogP contribution in [0.3, 0.4) is 0 Å². The maximum atomic E-state index is 12.3. The molecule has 21 heavy (non-hydrogen) atoms. The molecule has 2 aromatic heterocycles. The number of nitrogens with one attached hydrogen (secondary N) is 1. The van der Waals surface area contributed by atoms with Gasteiger partial charge in [-0.3, -0.25) is 14.7 Å². The van der Waals surface area contributed by atoms with Crippen molar-refractivity contribution in [1.29, 1.82) is 0 Å². The molecule has 0 aliphatic rings. The summed E-state index contributed by atoms with van der Waals surface area (Å²) in [5, 5.41) is 6.98. The van der Waals surface area contributed by atoms with Gasteiger partial charge in [-0.2, -0.15) is 5.10 Å². The fourth-order valence-corrected chi connectivity index (χ4v) is 2.11. The molecule has 6 nitrogen and oxygen atoms in total. The van der Waals surface area contributed by atoms with Gasteiger partial charge in [-0.1, -0.05) is 12.1 Å². The minimum Gasteiger partial charge on any atom is -0.451 e. The largest absolute Gasteiger partial charge is 0.451 e. The van der Waals surface area contributed by atoms with Gasteiger partial charge in [0, 0.05) is 31.4 Å². The second-order valence-electron chi connectivity index (χ2n) is 4.74. The van der Waals surface area contributed by atoms with Crippen LogP contribution >= 0.6 is 0 Å². The van der Waals surface area contributed by atoms with Crippen LogP contribution in [-0.2, 0) is 6.54 Å². The lowest BCUT2D eigenvalue weighted by Gasteiger charge is -2.15. The van der Waals surface area contributed by atoms with E-state index < -0.39 is 0 Å². The summed E-state index contributed by atoms with van der Waals surface area (Å²) in [5.74, 6) is -0.316. The zero-order valence-electron chi connectivity index (χ0n) is 11.4. The van der Waals surface area contributed by atoms with E-state index >= 15 is 0 Å². The molecular formula is C15H13N3O3. The topological polar surface area (TPSA) is 79.2 Å². The van der Waals surface area contributed by atoms with Crippen molar-refractivity contribution >= 4 is 16.9 Å². The number of hydrogen-bond acceptors (Lipinski definition) is 4. The van der Waals surface area contributed by atoms with Crippen LogP contribution in [0.1, 0.15) is 16.1 Å². The first-order valence-corrected chi connectivity index (χ1v) is 6.41. The number of para-hydroxylation sites is 1. The number of aromatic nitrogens is 2. The summed E-state index contributed by atoms with van der Waals surface area (Å²) in [7, 11) is 1.64. The zero-order valence-corrected chi connectivity index (χ0v) is 11.4. The number of H-pyrrole nitrogens is 1. The number of benzene rings is 1. The monoisotopic (exact) mass is 283 g/mol. The van der Waals surface area contributed by atoms with Gasteiger partial charge >= 0.3 is 0 Å². The second kappa shape index (κ2) is 5.24. The summed E-state index contributed by atoms with van der Waals surface area (Å²) in [6.45, 7) is 0.381. The van der Waals surface area contributed by atoms with E-state index in [9.17, 15) is 9.59 Å². The molecule has 3 rings (SSSR count). The van der Waals surface area contributed by atoms with Crippen LogP contribution < -0.4 is 5.43 Å². The predicted molar refractivity (Wildman–Crippen MR) is 76.9 cm³/mol.